The molecule has 28 heteroatoms. The van der Waals surface area contributed by atoms with Crippen molar-refractivity contribution in [3.05, 3.63) is 86.6 Å². The first-order valence-corrected chi connectivity index (χ1v) is 25.6. The van der Waals surface area contributed by atoms with Crippen LogP contribution in [0, 0.1) is 0 Å². The first-order chi connectivity index (χ1) is 34.1. The van der Waals surface area contributed by atoms with Crippen molar-refractivity contribution >= 4 is 137 Å². The Bertz CT molecular complexity index is 2810. The summed E-state index contributed by atoms with van der Waals surface area (Å²) in [5, 5.41) is 13.9. The third-order valence-corrected chi connectivity index (χ3v) is 13.9. The fourth-order valence-electron chi connectivity index (χ4n) is 8.27. The third-order valence-electron chi connectivity index (χ3n) is 11.8. The Hall–Kier alpha value is -3.96. The predicted octanol–water partition coefficient (Wildman–Crippen LogP) is 9.05. The number of nitrogens with zero attached hydrogens (tertiary/aromatic N) is 12. The average molecular weight is 1200 g/mol. The van der Waals surface area contributed by atoms with Crippen molar-refractivity contribution in [1.82, 2.24) is 64.7 Å². The van der Waals surface area contributed by atoms with Crippen LogP contribution in [0.3, 0.4) is 0 Å². The molecule has 72 heavy (non-hydrogen) atoms. The standard InChI is InChI=1S/C11H11BrClN3O.C11H13BrN4O.C11H12ClN3O.C6H4ClN3.C5H10O2.BHNS.H3N.H2O/c2*12-8-5-16(7-1-3-17-4-2-7)11-9(8)10(13)14-6-15-11;12-10-9-1-4-15(11(9)14-7-13-10)8-2-5-16-6-3-8;7-5-4-1-2-8-6(4)10-3-9-5;6-5-1-3-7-4-2-5;1-2-3;;/h5-7H,1-4H2;5-7H,1-4H2,(H2,13,14,15);1,4,7-8H,2-3,5-6H2;1-3H,(H,8,9,10);5-6H,1-4H2;3H;1H3;1H2. The number of ether oxygens (including phenoxy) is 4. The molecule has 4 aliphatic heterocycles. The van der Waals surface area contributed by atoms with E-state index in [4.69, 9.17) is 64.6 Å². The van der Waals surface area contributed by atoms with Crippen LogP contribution in [0.25, 0.3) is 44.1 Å². The Morgan fingerprint density at radius 1 is 0.611 bits per heavy atom. The zero-order valence-electron chi connectivity index (χ0n) is 39.0. The Balaban J connectivity index is 0.000000168. The van der Waals surface area contributed by atoms with E-state index in [1.165, 1.54) is 25.3 Å². The van der Waals surface area contributed by atoms with E-state index in [1.807, 2.05) is 30.7 Å². The summed E-state index contributed by atoms with van der Waals surface area (Å²) in [7, 11) is 4.34. The number of aliphatic hydroxyl groups excluding tert-OH is 1. The number of hydrogen-bond acceptors (Lipinski definition) is 17. The molecule has 21 nitrogen and oxygen atoms in total. The van der Waals surface area contributed by atoms with Gasteiger partial charge in [0.05, 0.1) is 27.6 Å². The summed E-state index contributed by atoms with van der Waals surface area (Å²) in [5.74, 6) is 0.521. The fraction of sp³-hybridized carbons (Fsp3) is 0.455. The van der Waals surface area contributed by atoms with Crippen LogP contribution >= 0.6 is 79.5 Å². The minimum absolute atomic E-state index is 0. The molecule has 4 fully saturated rings. The van der Waals surface area contributed by atoms with Crippen LogP contribution in [-0.4, -0.2) is 136 Å². The van der Waals surface area contributed by atoms with E-state index in [2.05, 4.69) is 115 Å². The second kappa shape index (κ2) is 29.8. The van der Waals surface area contributed by atoms with E-state index < -0.39 is 0 Å². The molecule has 0 amide bonds. The predicted molar refractivity (Wildman–Crippen MR) is 290 cm³/mol. The van der Waals surface area contributed by atoms with Gasteiger partial charge in [-0.05, 0) is 95.4 Å². The number of H-pyrrole nitrogens is 1. The van der Waals surface area contributed by atoms with Crippen molar-refractivity contribution in [3.63, 3.8) is 0 Å². The first-order valence-electron chi connectivity index (χ1n) is 22.5. The van der Waals surface area contributed by atoms with Gasteiger partial charge in [0.2, 0.25) is 0 Å². The number of anilines is 1. The van der Waals surface area contributed by atoms with Gasteiger partial charge in [-0.2, -0.15) is 0 Å². The van der Waals surface area contributed by atoms with Gasteiger partial charge in [0, 0.05) is 105 Å². The third kappa shape index (κ3) is 15.3. The Morgan fingerprint density at radius 3 is 1.53 bits per heavy atom. The quantitative estimate of drug-likeness (QED) is 0.0626. The molecular weight excluding hydrogens is 1140 g/mol. The number of aromatic amines is 1. The molecule has 0 saturated carbocycles. The van der Waals surface area contributed by atoms with Crippen LogP contribution in [0.15, 0.2) is 75.5 Å². The molecule has 0 aliphatic carbocycles. The maximum absolute atomic E-state index is 8.83. The van der Waals surface area contributed by atoms with Gasteiger partial charge in [0.1, 0.15) is 69.2 Å². The molecule has 8 aromatic rings. The van der Waals surface area contributed by atoms with Crippen molar-refractivity contribution < 1.29 is 29.5 Å². The summed E-state index contributed by atoms with van der Waals surface area (Å²) < 4.78 is 32.2. The Morgan fingerprint density at radius 2 is 1.03 bits per heavy atom. The minimum atomic E-state index is -0.0891. The SMILES string of the molecule is Clc1ncnc2[nH]ccc12.Clc1ncnc2c1c(Br)cn2C1CCOCC1.Clc1ncnc2c1ccn2C1CCOCC1.N.Nc1ncnc2c1c(Br)cn2C1CCOCC1.O.OC1CCOCC1.[B]=NS. The van der Waals surface area contributed by atoms with Gasteiger partial charge in [-0.15, -0.1) is 0 Å². The van der Waals surface area contributed by atoms with E-state index in [0.717, 1.165) is 157 Å². The molecule has 0 unspecified atom stereocenters. The van der Waals surface area contributed by atoms with Gasteiger partial charge in [0.25, 0.3) is 0 Å². The number of hydrogen-bond donors (Lipinski definition) is 5. The van der Waals surface area contributed by atoms with Crippen LogP contribution in [0.1, 0.15) is 69.5 Å². The van der Waals surface area contributed by atoms with Crippen molar-refractivity contribution in [2.75, 3.05) is 58.6 Å². The fourth-order valence-corrected chi connectivity index (χ4v) is 10.2. The summed E-state index contributed by atoms with van der Waals surface area (Å²) >= 11 is 28.1. The molecule has 0 atom stereocenters. The van der Waals surface area contributed by atoms with Crippen molar-refractivity contribution in [1.29, 1.82) is 0 Å². The number of aliphatic hydroxyl groups is 1. The second-order valence-corrected chi connectivity index (χ2v) is 19.1. The van der Waals surface area contributed by atoms with Crippen LogP contribution in [-0.2, 0) is 18.9 Å². The van der Waals surface area contributed by atoms with Gasteiger partial charge < -0.3 is 60.1 Å². The van der Waals surface area contributed by atoms with E-state index in [-0.39, 0.29) is 17.7 Å². The monoisotopic (exact) mass is 1200 g/mol. The maximum atomic E-state index is 8.83. The summed E-state index contributed by atoms with van der Waals surface area (Å²) in [4.78, 5) is 35.7. The van der Waals surface area contributed by atoms with Gasteiger partial charge in [-0.1, -0.05) is 34.8 Å². The molecule has 9 N–H and O–H groups in total. The van der Waals surface area contributed by atoms with E-state index in [0.29, 0.717) is 39.4 Å². The van der Waals surface area contributed by atoms with Crippen LogP contribution in [0.5, 0.6) is 0 Å². The van der Waals surface area contributed by atoms with Gasteiger partial charge >= 0.3 is 24.8 Å². The first kappa shape index (κ1) is 58.9. The Kier molecular flexibility index (Phi) is 24.4. The number of fused-ring (bicyclic) bond motifs is 4. The van der Waals surface area contributed by atoms with Gasteiger partial charge in [0.15, 0.2) is 0 Å². The molecular formula is C44H56BBr2Cl3N15O6S. The number of thiol groups is 1. The zero-order chi connectivity index (χ0) is 49.4. The van der Waals surface area contributed by atoms with Gasteiger partial charge in [-0.3, -0.25) is 0 Å². The van der Waals surface area contributed by atoms with Crippen LogP contribution in [0.2, 0.25) is 15.5 Å². The van der Waals surface area contributed by atoms with E-state index >= 15 is 0 Å². The van der Waals surface area contributed by atoms with Gasteiger partial charge in [-0.25, -0.2) is 39.9 Å². The van der Waals surface area contributed by atoms with E-state index in [1.54, 1.807) is 6.20 Å². The molecule has 4 aliphatic rings. The van der Waals surface area contributed by atoms with Crippen LogP contribution in [0.4, 0.5) is 5.82 Å². The summed E-state index contributed by atoms with van der Waals surface area (Å²) in [6.07, 6.45) is 21.6. The molecule has 0 spiro atoms. The molecule has 12 heterocycles. The molecule has 4 saturated heterocycles. The summed E-state index contributed by atoms with van der Waals surface area (Å²) in [6, 6.07) is 5.16. The van der Waals surface area contributed by atoms with Crippen molar-refractivity contribution in [3.8, 4) is 0 Å². The second-order valence-electron chi connectivity index (χ2n) is 16.1. The number of halogens is 5. The molecule has 1 radical (unpaired) electrons. The Labute approximate surface area is 453 Å². The molecule has 0 bridgehead atoms. The number of nitrogen functional groups attached to an aromatic ring is 1. The molecule has 0 aromatic carbocycles. The molecule has 387 valence electrons. The molecule has 8 aromatic heterocycles. The zero-order valence-corrected chi connectivity index (χ0v) is 45.4. The summed E-state index contributed by atoms with van der Waals surface area (Å²) in [6.45, 7) is 6.35. The molecule has 12 rings (SSSR count). The van der Waals surface area contributed by atoms with Crippen molar-refractivity contribution in [2.24, 2.45) is 4.30 Å². The summed E-state index contributed by atoms with van der Waals surface area (Å²) in [5.41, 5.74) is 9.37. The number of nitrogens with two attached hydrogens (primary N) is 1. The van der Waals surface area contributed by atoms with Crippen molar-refractivity contribution in [2.45, 2.75) is 75.6 Å². The normalized spacial score (nSPS) is 16.5. The topological polar surface area (TPSA) is 296 Å². The number of nitrogens with one attached hydrogen (secondary N) is 1. The number of rotatable bonds is 3. The average Bonchev–Trinajstić information content (AvgIpc) is 4.20. The van der Waals surface area contributed by atoms with Crippen LogP contribution < -0.4 is 11.9 Å². The van der Waals surface area contributed by atoms with E-state index in [9.17, 15) is 0 Å². The number of aromatic nitrogens is 12.